The Balaban J connectivity index is 1.90. The van der Waals surface area contributed by atoms with Crippen molar-refractivity contribution in [2.45, 2.75) is 31.8 Å². The van der Waals surface area contributed by atoms with Crippen LogP contribution in [0.15, 0.2) is 34.9 Å². The van der Waals surface area contributed by atoms with Gasteiger partial charge in [-0.25, -0.2) is 4.79 Å². The highest BCUT2D eigenvalue weighted by Gasteiger charge is 2.50. The standard InChI is InChI=1S/C16H17BrN2O3/c1-15(2,3)22-14(21)19-8-7-16(9-19)10-5-4-6-11(17)12(10)18-13(16)20/h4-8H,9H2,1-3H3,(H,18,20). The van der Waals surface area contributed by atoms with Gasteiger partial charge in [-0.3, -0.25) is 9.69 Å². The lowest BCUT2D eigenvalue weighted by Gasteiger charge is -2.26. The minimum absolute atomic E-state index is 0.128. The smallest absolute Gasteiger partial charge is 0.414 e. The van der Waals surface area contributed by atoms with Gasteiger partial charge in [0.1, 0.15) is 11.0 Å². The van der Waals surface area contributed by atoms with Crippen molar-refractivity contribution in [1.29, 1.82) is 0 Å². The summed E-state index contributed by atoms with van der Waals surface area (Å²) in [4.78, 5) is 26.1. The molecule has 2 amide bonds. The summed E-state index contributed by atoms with van der Waals surface area (Å²) in [6.45, 7) is 5.69. The predicted molar refractivity (Wildman–Crippen MR) is 86.5 cm³/mol. The van der Waals surface area contributed by atoms with E-state index in [0.29, 0.717) is 0 Å². The Bertz CT molecular complexity index is 693. The van der Waals surface area contributed by atoms with Gasteiger partial charge in [-0.15, -0.1) is 0 Å². The van der Waals surface area contributed by atoms with Crippen LogP contribution in [-0.4, -0.2) is 29.0 Å². The van der Waals surface area contributed by atoms with Crippen LogP contribution in [-0.2, 0) is 14.9 Å². The van der Waals surface area contributed by atoms with E-state index in [4.69, 9.17) is 4.74 Å². The molecule has 1 spiro atoms. The largest absolute Gasteiger partial charge is 0.443 e. The highest BCUT2D eigenvalue weighted by molar-refractivity contribution is 9.10. The fourth-order valence-corrected chi connectivity index (χ4v) is 3.20. The number of anilines is 1. The van der Waals surface area contributed by atoms with Crippen molar-refractivity contribution in [3.63, 3.8) is 0 Å². The molecule has 3 rings (SSSR count). The van der Waals surface area contributed by atoms with Gasteiger partial charge in [-0.05, 0) is 54.4 Å². The maximum atomic E-state index is 12.5. The molecule has 1 N–H and O–H groups in total. The molecule has 0 aliphatic carbocycles. The van der Waals surface area contributed by atoms with E-state index in [-0.39, 0.29) is 12.5 Å². The van der Waals surface area contributed by atoms with Gasteiger partial charge in [-0.2, -0.15) is 0 Å². The van der Waals surface area contributed by atoms with Crippen LogP contribution in [0.1, 0.15) is 26.3 Å². The number of benzene rings is 1. The minimum Gasteiger partial charge on any atom is -0.443 e. The molecule has 2 aliphatic heterocycles. The van der Waals surface area contributed by atoms with Gasteiger partial charge < -0.3 is 10.1 Å². The third-order valence-corrected chi connectivity index (χ3v) is 4.39. The van der Waals surface area contributed by atoms with Crippen LogP contribution in [0.25, 0.3) is 0 Å². The number of rotatable bonds is 0. The second-order valence-electron chi connectivity index (χ2n) is 6.51. The SMILES string of the molecule is CC(C)(C)OC(=O)N1C=CC2(C1)C(=O)Nc1c(Br)cccc12. The molecule has 6 heteroatoms. The number of hydrogen-bond acceptors (Lipinski definition) is 3. The number of para-hydroxylation sites is 1. The second kappa shape index (κ2) is 4.84. The van der Waals surface area contributed by atoms with Crippen LogP contribution in [0.2, 0.25) is 0 Å². The number of halogens is 1. The lowest BCUT2D eigenvalue weighted by Crippen LogP contribution is -2.41. The van der Waals surface area contributed by atoms with Gasteiger partial charge in [0.2, 0.25) is 5.91 Å². The van der Waals surface area contributed by atoms with Gasteiger partial charge in [0.15, 0.2) is 0 Å². The Morgan fingerprint density at radius 1 is 1.41 bits per heavy atom. The van der Waals surface area contributed by atoms with Crippen molar-refractivity contribution in [2.24, 2.45) is 0 Å². The molecule has 0 fully saturated rings. The van der Waals surface area contributed by atoms with Crippen LogP contribution >= 0.6 is 15.9 Å². The lowest BCUT2D eigenvalue weighted by molar-refractivity contribution is -0.119. The van der Waals surface area contributed by atoms with E-state index in [1.807, 2.05) is 39.0 Å². The molecule has 1 unspecified atom stereocenters. The molecule has 0 saturated heterocycles. The zero-order valence-electron chi connectivity index (χ0n) is 12.6. The average molecular weight is 365 g/mol. The number of fused-ring (bicyclic) bond motifs is 2. The van der Waals surface area contributed by atoms with Gasteiger partial charge >= 0.3 is 6.09 Å². The quantitative estimate of drug-likeness (QED) is 0.767. The molecule has 1 aromatic rings. The van der Waals surface area contributed by atoms with Gasteiger partial charge in [0, 0.05) is 10.7 Å². The van der Waals surface area contributed by atoms with Crippen LogP contribution < -0.4 is 5.32 Å². The molecule has 1 aromatic carbocycles. The zero-order chi connectivity index (χ0) is 16.1. The van der Waals surface area contributed by atoms with Gasteiger partial charge in [0.25, 0.3) is 0 Å². The van der Waals surface area contributed by atoms with Crippen molar-refractivity contribution in [2.75, 3.05) is 11.9 Å². The molecular weight excluding hydrogens is 348 g/mol. The van der Waals surface area contributed by atoms with E-state index in [1.54, 1.807) is 12.3 Å². The van der Waals surface area contributed by atoms with Crippen LogP contribution in [0.4, 0.5) is 10.5 Å². The molecule has 0 bridgehead atoms. The number of carbonyl (C=O) groups is 2. The minimum atomic E-state index is -0.837. The first-order chi connectivity index (χ1) is 10.2. The van der Waals surface area contributed by atoms with Crippen molar-refractivity contribution in [3.05, 3.63) is 40.5 Å². The molecule has 2 aliphatic rings. The third-order valence-electron chi connectivity index (χ3n) is 3.72. The Hall–Kier alpha value is -1.82. The number of amides is 2. The summed E-state index contributed by atoms with van der Waals surface area (Å²) in [5.74, 6) is -0.128. The monoisotopic (exact) mass is 364 g/mol. The zero-order valence-corrected chi connectivity index (χ0v) is 14.2. The Kier molecular flexibility index (Phi) is 3.32. The summed E-state index contributed by atoms with van der Waals surface area (Å²) in [7, 11) is 0. The van der Waals surface area contributed by atoms with Crippen LogP contribution in [0, 0.1) is 0 Å². The Labute approximate surface area is 137 Å². The number of ether oxygens (including phenoxy) is 1. The molecular formula is C16H17BrN2O3. The summed E-state index contributed by atoms with van der Waals surface area (Å²) in [5.41, 5.74) is 0.229. The second-order valence-corrected chi connectivity index (χ2v) is 7.37. The summed E-state index contributed by atoms with van der Waals surface area (Å²) in [5, 5.41) is 2.89. The van der Waals surface area contributed by atoms with E-state index in [0.717, 1.165) is 15.7 Å². The fraction of sp³-hybridized carbons (Fsp3) is 0.375. The van der Waals surface area contributed by atoms with Crippen LogP contribution in [0.3, 0.4) is 0 Å². The maximum Gasteiger partial charge on any atom is 0.414 e. The van der Waals surface area contributed by atoms with E-state index in [9.17, 15) is 9.59 Å². The van der Waals surface area contributed by atoms with Crippen LogP contribution in [0.5, 0.6) is 0 Å². The Morgan fingerprint density at radius 2 is 2.14 bits per heavy atom. The fourth-order valence-electron chi connectivity index (χ4n) is 2.73. The van der Waals surface area contributed by atoms with E-state index < -0.39 is 17.1 Å². The van der Waals surface area contributed by atoms with E-state index >= 15 is 0 Å². The van der Waals surface area contributed by atoms with Crippen molar-refractivity contribution in [3.8, 4) is 0 Å². The number of nitrogens with zero attached hydrogens (tertiary/aromatic N) is 1. The number of nitrogens with one attached hydrogen (secondary N) is 1. The van der Waals surface area contributed by atoms with E-state index in [1.165, 1.54) is 4.90 Å². The normalized spacial score (nSPS) is 22.9. The first kappa shape index (κ1) is 15.1. The number of carbonyl (C=O) groups excluding carboxylic acids is 2. The molecule has 0 saturated carbocycles. The summed E-state index contributed by atoms with van der Waals surface area (Å²) in [6, 6.07) is 5.66. The molecule has 2 heterocycles. The molecule has 5 nitrogen and oxygen atoms in total. The predicted octanol–water partition coefficient (Wildman–Crippen LogP) is 3.40. The number of hydrogen-bond donors (Lipinski definition) is 1. The maximum absolute atomic E-state index is 12.5. The van der Waals surface area contributed by atoms with Gasteiger partial charge in [-0.1, -0.05) is 12.1 Å². The van der Waals surface area contributed by atoms with E-state index in [2.05, 4.69) is 21.2 Å². The average Bonchev–Trinajstić information content (AvgIpc) is 2.95. The summed E-state index contributed by atoms with van der Waals surface area (Å²) in [6.07, 6.45) is 2.95. The molecule has 0 aromatic heterocycles. The molecule has 116 valence electrons. The lowest BCUT2D eigenvalue weighted by atomic mass is 9.83. The summed E-state index contributed by atoms with van der Waals surface area (Å²) < 4.78 is 6.20. The van der Waals surface area contributed by atoms with Crippen molar-refractivity contribution in [1.82, 2.24) is 4.90 Å². The third kappa shape index (κ3) is 2.31. The first-order valence-electron chi connectivity index (χ1n) is 7.02. The summed E-state index contributed by atoms with van der Waals surface area (Å²) >= 11 is 3.44. The Morgan fingerprint density at radius 3 is 2.82 bits per heavy atom. The molecule has 0 radical (unpaired) electrons. The highest BCUT2D eigenvalue weighted by atomic mass is 79.9. The molecule has 1 atom stereocenters. The van der Waals surface area contributed by atoms with Crippen molar-refractivity contribution < 1.29 is 14.3 Å². The molecule has 22 heavy (non-hydrogen) atoms. The van der Waals surface area contributed by atoms with Crippen molar-refractivity contribution >= 4 is 33.6 Å². The highest BCUT2D eigenvalue weighted by Crippen LogP contribution is 2.45. The topological polar surface area (TPSA) is 58.6 Å². The van der Waals surface area contributed by atoms with Gasteiger partial charge in [0.05, 0.1) is 12.2 Å². The first-order valence-corrected chi connectivity index (χ1v) is 7.82.